The number of nitrogens with two attached hydrogens (primary N) is 2. The first-order valence-electron chi connectivity index (χ1n) is 4.35. The van der Waals surface area contributed by atoms with Gasteiger partial charge in [-0.3, -0.25) is 9.78 Å². The molecule has 1 rings (SSSR count). The summed E-state index contributed by atoms with van der Waals surface area (Å²) in [7, 11) is 0. The normalized spacial score (nSPS) is 9.86. The predicted molar refractivity (Wildman–Crippen MR) is 55.0 cm³/mol. The Hall–Kier alpha value is -1.62. The first-order valence-corrected chi connectivity index (χ1v) is 4.35. The Labute approximate surface area is 82.5 Å². The molecule has 0 spiro atoms. The van der Waals surface area contributed by atoms with Gasteiger partial charge >= 0.3 is 0 Å². The summed E-state index contributed by atoms with van der Waals surface area (Å²) < 4.78 is 0. The summed E-state index contributed by atoms with van der Waals surface area (Å²) in [5, 5.41) is 3.02. The molecule has 1 aromatic heterocycles. The maximum Gasteiger partial charge on any atom is 0.252 e. The number of nitrogens with zero attached hydrogens (tertiary/aromatic N) is 1. The number of carbonyl (C=O) groups excluding carboxylic acids is 1. The van der Waals surface area contributed by atoms with E-state index in [2.05, 4.69) is 10.3 Å². The zero-order valence-corrected chi connectivity index (χ0v) is 8.08. The number of hydrogen-bond donors (Lipinski definition) is 3. The fourth-order valence-corrected chi connectivity index (χ4v) is 1.11. The summed E-state index contributed by atoms with van der Waals surface area (Å²) in [5.74, 6) is -0.489. The zero-order chi connectivity index (χ0) is 10.6. The third kappa shape index (κ3) is 2.43. The minimum Gasteiger partial charge on any atom is -0.383 e. The number of aryl methyl sites for hydroxylation is 1. The monoisotopic (exact) mass is 194 g/mol. The van der Waals surface area contributed by atoms with Gasteiger partial charge < -0.3 is 16.8 Å². The summed E-state index contributed by atoms with van der Waals surface area (Å²) in [6.07, 6.45) is 1.47. The van der Waals surface area contributed by atoms with Gasteiger partial charge in [-0.2, -0.15) is 0 Å². The SMILES string of the molecule is Cc1cc(NCCN)c(C(N)=O)cn1. The molecule has 1 aromatic rings. The molecule has 0 aliphatic carbocycles. The van der Waals surface area contributed by atoms with Gasteiger partial charge in [-0.15, -0.1) is 0 Å². The molecule has 5 nitrogen and oxygen atoms in total. The van der Waals surface area contributed by atoms with Crippen LogP contribution < -0.4 is 16.8 Å². The largest absolute Gasteiger partial charge is 0.383 e. The maximum absolute atomic E-state index is 11.0. The molecule has 0 aromatic carbocycles. The molecule has 0 saturated carbocycles. The number of rotatable bonds is 4. The van der Waals surface area contributed by atoms with Crippen molar-refractivity contribution < 1.29 is 4.79 Å². The molecular weight excluding hydrogens is 180 g/mol. The van der Waals surface area contributed by atoms with Crippen molar-refractivity contribution in [3.8, 4) is 0 Å². The van der Waals surface area contributed by atoms with Crippen LogP contribution in [0.25, 0.3) is 0 Å². The van der Waals surface area contributed by atoms with E-state index in [-0.39, 0.29) is 0 Å². The summed E-state index contributed by atoms with van der Waals surface area (Å²) in [5.41, 5.74) is 12.4. The van der Waals surface area contributed by atoms with E-state index in [0.29, 0.717) is 24.3 Å². The number of pyridine rings is 1. The number of amides is 1. The fourth-order valence-electron chi connectivity index (χ4n) is 1.11. The van der Waals surface area contributed by atoms with Crippen LogP contribution in [0.5, 0.6) is 0 Å². The molecule has 0 radical (unpaired) electrons. The number of anilines is 1. The minimum atomic E-state index is -0.489. The summed E-state index contributed by atoms with van der Waals surface area (Å²) in [6.45, 7) is 2.95. The zero-order valence-electron chi connectivity index (χ0n) is 8.08. The van der Waals surface area contributed by atoms with Crippen molar-refractivity contribution in [3.05, 3.63) is 23.5 Å². The van der Waals surface area contributed by atoms with E-state index in [4.69, 9.17) is 11.5 Å². The Morgan fingerprint density at radius 3 is 2.93 bits per heavy atom. The highest BCUT2D eigenvalue weighted by atomic mass is 16.1. The van der Waals surface area contributed by atoms with Gasteiger partial charge in [-0.25, -0.2) is 0 Å². The average Bonchev–Trinajstić information content (AvgIpc) is 2.14. The van der Waals surface area contributed by atoms with Gasteiger partial charge in [0.2, 0.25) is 0 Å². The van der Waals surface area contributed by atoms with Crippen molar-refractivity contribution in [1.29, 1.82) is 0 Å². The molecule has 14 heavy (non-hydrogen) atoms. The lowest BCUT2D eigenvalue weighted by atomic mass is 10.2. The minimum absolute atomic E-state index is 0.393. The van der Waals surface area contributed by atoms with Crippen LogP contribution in [-0.2, 0) is 0 Å². The molecule has 0 atom stereocenters. The van der Waals surface area contributed by atoms with E-state index >= 15 is 0 Å². The van der Waals surface area contributed by atoms with Crippen molar-refractivity contribution in [2.24, 2.45) is 11.5 Å². The predicted octanol–water partition coefficient (Wildman–Crippen LogP) is -0.140. The van der Waals surface area contributed by atoms with Crippen LogP contribution >= 0.6 is 0 Å². The van der Waals surface area contributed by atoms with Crippen LogP contribution in [0.3, 0.4) is 0 Å². The van der Waals surface area contributed by atoms with E-state index in [1.54, 1.807) is 6.07 Å². The molecule has 0 aliphatic rings. The molecule has 1 heterocycles. The highest BCUT2D eigenvalue weighted by Crippen LogP contribution is 2.14. The van der Waals surface area contributed by atoms with Crippen molar-refractivity contribution >= 4 is 11.6 Å². The van der Waals surface area contributed by atoms with E-state index in [1.165, 1.54) is 6.20 Å². The number of primary amides is 1. The lowest BCUT2D eigenvalue weighted by Crippen LogP contribution is -2.18. The van der Waals surface area contributed by atoms with Crippen LogP contribution in [0.15, 0.2) is 12.3 Å². The molecule has 76 valence electrons. The molecule has 0 unspecified atom stereocenters. The number of carbonyl (C=O) groups is 1. The first kappa shape index (κ1) is 10.5. The van der Waals surface area contributed by atoms with E-state index in [9.17, 15) is 4.79 Å². The van der Waals surface area contributed by atoms with Gasteiger partial charge in [0.1, 0.15) is 0 Å². The lowest BCUT2D eigenvalue weighted by molar-refractivity contribution is 0.100. The number of hydrogen-bond acceptors (Lipinski definition) is 4. The van der Waals surface area contributed by atoms with Crippen molar-refractivity contribution in [2.45, 2.75) is 6.92 Å². The van der Waals surface area contributed by atoms with Crippen LogP contribution in [-0.4, -0.2) is 24.0 Å². The van der Waals surface area contributed by atoms with Crippen molar-refractivity contribution in [3.63, 3.8) is 0 Å². The molecule has 0 bridgehead atoms. The molecular formula is C9H14N4O. The Kier molecular flexibility index (Phi) is 3.41. The van der Waals surface area contributed by atoms with E-state index in [1.807, 2.05) is 6.92 Å². The molecule has 1 amide bonds. The van der Waals surface area contributed by atoms with Crippen molar-refractivity contribution in [2.75, 3.05) is 18.4 Å². The quantitative estimate of drug-likeness (QED) is 0.621. The van der Waals surface area contributed by atoms with Gasteiger partial charge in [0.15, 0.2) is 0 Å². The molecule has 0 aliphatic heterocycles. The van der Waals surface area contributed by atoms with Gasteiger partial charge in [0, 0.05) is 25.0 Å². The Morgan fingerprint density at radius 1 is 1.64 bits per heavy atom. The van der Waals surface area contributed by atoms with Gasteiger partial charge in [-0.1, -0.05) is 0 Å². The Balaban J connectivity index is 2.97. The lowest BCUT2D eigenvalue weighted by Gasteiger charge is -2.09. The maximum atomic E-state index is 11.0. The third-order valence-electron chi connectivity index (χ3n) is 1.77. The fraction of sp³-hybridized carbons (Fsp3) is 0.333. The van der Waals surface area contributed by atoms with Gasteiger partial charge in [0.05, 0.1) is 11.3 Å². The second-order valence-corrected chi connectivity index (χ2v) is 2.95. The standard InChI is InChI=1S/C9H14N4O/c1-6-4-8(12-3-2-10)7(5-13-6)9(11)14/h4-5H,2-3,10H2,1H3,(H2,11,14)(H,12,13). The van der Waals surface area contributed by atoms with E-state index < -0.39 is 5.91 Å². The third-order valence-corrected chi connectivity index (χ3v) is 1.77. The average molecular weight is 194 g/mol. The van der Waals surface area contributed by atoms with E-state index in [0.717, 1.165) is 5.69 Å². The van der Waals surface area contributed by atoms with Gasteiger partial charge in [0.25, 0.3) is 5.91 Å². The molecule has 5 heteroatoms. The summed E-state index contributed by atoms with van der Waals surface area (Å²) >= 11 is 0. The van der Waals surface area contributed by atoms with Gasteiger partial charge in [-0.05, 0) is 13.0 Å². The molecule has 0 saturated heterocycles. The summed E-state index contributed by atoms with van der Waals surface area (Å²) in [4.78, 5) is 15.0. The highest BCUT2D eigenvalue weighted by molar-refractivity contribution is 5.98. The highest BCUT2D eigenvalue weighted by Gasteiger charge is 2.07. The Bertz CT molecular complexity index is 338. The molecule has 5 N–H and O–H groups in total. The van der Waals surface area contributed by atoms with Crippen LogP contribution in [0.1, 0.15) is 16.1 Å². The van der Waals surface area contributed by atoms with Crippen molar-refractivity contribution in [1.82, 2.24) is 4.98 Å². The summed E-state index contributed by atoms with van der Waals surface area (Å²) in [6, 6.07) is 1.77. The smallest absolute Gasteiger partial charge is 0.252 e. The Morgan fingerprint density at radius 2 is 2.36 bits per heavy atom. The van der Waals surface area contributed by atoms with Crippen LogP contribution in [0, 0.1) is 6.92 Å². The number of aromatic nitrogens is 1. The van der Waals surface area contributed by atoms with Crippen LogP contribution in [0.2, 0.25) is 0 Å². The topological polar surface area (TPSA) is 94.0 Å². The van der Waals surface area contributed by atoms with Crippen LogP contribution in [0.4, 0.5) is 5.69 Å². The molecule has 0 fully saturated rings. The number of nitrogens with one attached hydrogen (secondary N) is 1. The second-order valence-electron chi connectivity index (χ2n) is 2.95. The second kappa shape index (κ2) is 4.57. The first-order chi connectivity index (χ1) is 6.65.